The molecule has 3 fully saturated rings. The van der Waals surface area contributed by atoms with Gasteiger partial charge in [-0.2, -0.15) is 0 Å². The van der Waals surface area contributed by atoms with Gasteiger partial charge in [0.1, 0.15) is 0 Å². The molecule has 2 saturated heterocycles. The number of piperidine rings is 2. The van der Waals surface area contributed by atoms with Gasteiger partial charge in [-0.3, -0.25) is 0 Å². The fourth-order valence-corrected chi connectivity index (χ4v) is 6.25. The third-order valence-electron chi connectivity index (χ3n) is 8.36. The second-order valence-corrected chi connectivity index (χ2v) is 10.2. The van der Waals surface area contributed by atoms with Crippen LogP contribution < -0.4 is 0 Å². The lowest BCUT2D eigenvalue weighted by Crippen LogP contribution is -2.56. The van der Waals surface area contributed by atoms with Crippen molar-refractivity contribution in [1.82, 2.24) is 14.4 Å². The Morgan fingerprint density at radius 2 is 1.68 bits per heavy atom. The van der Waals surface area contributed by atoms with E-state index in [1.54, 1.807) is 5.56 Å². The summed E-state index contributed by atoms with van der Waals surface area (Å²) in [5.74, 6) is 0.749. The molecule has 3 aliphatic rings. The van der Waals surface area contributed by atoms with Crippen molar-refractivity contribution in [3.8, 4) is 0 Å². The van der Waals surface area contributed by atoms with Crippen molar-refractivity contribution in [3.05, 3.63) is 36.0 Å². The number of likely N-dealkylation sites (tertiary alicyclic amines) is 2. The van der Waals surface area contributed by atoms with Gasteiger partial charge < -0.3 is 14.4 Å². The van der Waals surface area contributed by atoms with Crippen LogP contribution in [0.25, 0.3) is 10.9 Å². The predicted molar refractivity (Wildman–Crippen MR) is 118 cm³/mol. The maximum Gasteiger partial charge on any atom is 0.0480 e. The minimum atomic E-state index is 0.699. The van der Waals surface area contributed by atoms with E-state index in [9.17, 15) is 0 Å². The number of aromatic nitrogens is 1. The first-order valence-electron chi connectivity index (χ1n) is 11.6. The van der Waals surface area contributed by atoms with Crippen LogP contribution in [-0.4, -0.2) is 52.6 Å². The van der Waals surface area contributed by atoms with Gasteiger partial charge in [0.2, 0.25) is 0 Å². The molecular weight excluding hydrogens is 342 g/mol. The van der Waals surface area contributed by atoms with Gasteiger partial charge in [0, 0.05) is 30.8 Å². The van der Waals surface area contributed by atoms with Crippen LogP contribution in [0.5, 0.6) is 0 Å². The molecule has 0 radical (unpaired) electrons. The molecule has 2 aromatic rings. The Kier molecular flexibility index (Phi) is 4.79. The van der Waals surface area contributed by atoms with Gasteiger partial charge in [-0.05, 0) is 113 Å². The van der Waals surface area contributed by atoms with E-state index in [0.29, 0.717) is 5.41 Å². The molecule has 3 nitrogen and oxygen atoms in total. The van der Waals surface area contributed by atoms with E-state index in [1.165, 1.54) is 75.6 Å². The smallest absolute Gasteiger partial charge is 0.0480 e. The summed E-state index contributed by atoms with van der Waals surface area (Å²) in [6, 6.07) is 11.0. The summed E-state index contributed by atoms with van der Waals surface area (Å²) in [7, 11) is 2.16. The van der Waals surface area contributed by atoms with Crippen LogP contribution in [0.1, 0.15) is 63.9 Å². The SMILES string of the molecule is CC(C)N1CCC2(CC1)CC(N1CCC(c3ccc4ccn(C)c4c3)CC1)C2. The summed E-state index contributed by atoms with van der Waals surface area (Å²) >= 11 is 0. The number of rotatable bonds is 3. The molecule has 1 aromatic heterocycles. The van der Waals surface area contributed by atoms with Gasteiger partial charge >= 0.3 is 0 Å². The zero-order chi connectivity index (χ0) is 19.3. The van der Waals surface area contributed by atoms with E-state index in [2.05, 4.69) is 65.7 Å². The summed E-state index contributed by atoms with van der Waals surface area (Å²) in [6.07, 6.45) is 10.7. The van der Waals surface area contributed by atoms with Gasteiger partial charge in [0.25, 0.3) is 0 Å². The molecule has 0 unspecified atom stereocenters. The van der Waals surface area contributed by atoms with Crippen molar-refractivity contribution in [2.75, 3.05) is 26.2 Å². The van der Waals surface area contributed by atoms with Crippen LogP contribution in [-0.2, 0) is 7.05 Å². The highest BCUT2D eigenvalue weighted by Gasteiger charge is 2.48. The van der Waals surface area contributed by atoms with Crippen LogP contribution in [0.4, 0.5) is 0 Å². The normalized spacial score (nSPS) is 25.0. The molecule has 0 atom stereocenters. The standard InChI is InChI=1S/C25H37N3/c1-19(2)27-14-9-25(10-15-27)17-23(18-25)28-12-7-20(8-13-28)22-5-4-21-6-11-26(3)24(21)16-22/h4-6,11,16,19-20,23H,7-10,12-15,17-18H2,1-3H3. The first kappa shape index (κ1) is 18.7. The van der Waals surface area contributed by atoms with Crippen molar-refractivity contribution in [2.24, 2.45) is 12.5 Å². The lowest BCUT2D eigenvalue weighted by Gasteiger charge is -2.56. The number of hydrogen-bond acceptors (Lipinski definition) is 2. The van der Waals surface area contributed by atoms with E-state index in [-0.39, 0.29) is 0 Å². The average Bonchev–Trinajstić information content (AvgIpc) is 3.07. The number of hydrogen-bond donors (Lipinski definition) is 0. The lowest BCUT2D eigenvalue weighted by atomic mass is 9.59. The monoisotopic (exact) mass is 379 g/mol. The summed E-state index contributed by atoms with van der Waals surface area (Å²) in [6.45, 7) is 9.95. The van der Waals surface area contributed by atoms with Crippen LogP contribution in [0.15, 0.2) is 30.5 Å². The summed E-state index contributed by atoms with van der Waals surface area (Å²) in [5.41, 5.74) is 3.64. The number of aryl methyl sites for hydroxylation is 1. The zero-order valence-corrected chi connectivity index (χ0v) is 18.0. The topological polar surface area (TPSA) is 11.4 Å². The van der Waals surface area contributed by atoms with E-state index in [0.717, 1.165) is 18.0 Å². The van der Waals surface area contributed by atoms with Gasteiger partial charge in [-0.25, -0.2) is 0 Å². The first-order valence-corrected chi connectivity index (χ1v) is 11.6. The Balaban J connectivity index is 1.14. The third kappa shape index (κ3) is 3.31. The Morgan fingerprint density at radius 3 is 2.36 bits per heavy atom. The molecule has 3 heteroatoms. The molecule has 5 rings (SSSR count). The Hall–Kier alpha value is -1.32. The molecule has 1 spiro atoms. The average molecular weight is 380 g/mol. The first-order chi connectivity index (χ1) is 13.5. The predicted octanol–water partition coefficient (Wildman–Crippen LogP) is 5.01. The maximum absolute atomic E-state index is 2.83. The fraction of sp³-hybridized carbons (Fsp3) is 0.680. The Morgan fingerprint density at radius 1 is 0.964 bits per heavy atom. The molecular formula is C25H37N3. The van der Waals surface area contributed by atoms with E-state index < -0.39 is 0 Å². The van der Waals surface area contributed by atoms with Gasteiger partial charge in [0.05, 0.1) is 0 Å². The van der Waals surface area contributed by atoms with Crippen LogP contribution in [0.2, 0.25) is 0 Å². The molecule has 3 heterocycles. The molecule has 1 aromatic carbocycles. The molecule has 0 bridgehead atoms. The summed E-state index contributed by atoms with van der Waals surface area (Å²) in [5, 5.41) is 1.37. The van der Waals surface area contributed by atoms with Crippen molar-refractivity contribution in [2.45, 2.75) is 70.4 Å². The second kappa shape index (κ2) is 7.18. The minimum absolute atomic E-state index is 0.699. The largest absolute Gasteiger partial charge is 0.351 e. The van der Waals surface area contributed by atoms with Crippen molar-refractivity contribution < 1.29 is 0 Å². The van der Waals surface area contributed by atoms with Gasteiger partial charge in [0.15, 0.2) is 0 Å². The van der Waals surface area contributed by atoms with Gasteiger partial charge in [-0.15, -0.1) is 0 Å². The fourth-order valence-electron chi connectivity index (χ4n) is 6.25. The van der Waals surface area contributed by atoms with Crippen LogP contribution in [0, 0.1) is 5.41 Å². The Bertz CT molecular complexity index is 811. The molecule has 0 amide bonds. The quantitative estimate of drug-likeness (QED) is 0.742. The van der Waals surface area contributed by atoms with E-state index in [4.69, 9.17) is 0 Å². The van der Waals surface area contributed by atoms with Crippen molar-refractivity contribution in [3.63, 3.8) is 0 Å². The number of fused-ring (bicyclic) bond motifs is 1. The van der Waals surface area contributed by atoms with Gasteiger partial charge in [-0.1, -0.05) is 12.1 Å². The summed E-state index contributed by atoms with van der Waals surface area (Å²) in [4.78, 5) is 5.51. The molecule has 0 N–H and O–H groups in total. The zero-order valence-electron chi connectivity index (χ0n) is 18.0. The number of benzene rings is 1. The Labute approximate surface area is 170 Å². The van der Waals surface area contributed by atoms with Crippen LogP contribution >= 0.6 is 0 Å². The lowest BCUT2D eigenvalue weighted by molar-refractivity contribution is -0.0534. The highest BCUT2D eigenvalue weighted by atomic mass is 15.2. The highest BCUT2D eigenvalue weighted by molar-refractivity contribution is 5.80. The highest BCUT2D eigenvalue weighted by Crippen LogP contribution is 2.51. The molecule has 28 heavy (non-hydrogen) atoms. The van der Waals surface area contributed by atoms with Crippen LogP contribution in [0.3, 0.4) is 0 Å². The maximum atomic E-state index is 2.83. The molecule has 2 aliphatic heterocycles. The van der Waals surface area contributed by atoms with Crippen molar-refractivity contribution in [1.29, 1.82) is 0 Å². The molecule has 152 valence electrons. The van der Waals surface area contributed by atoms with Crippen molar-refractivity contribution >= 4 is 10.9 Å². The van der Waals surface area contributed by atoms with E-state index >= 15 is 0 Å². The summed E-state index contributed by atoms with van der Waals surface area (Å²) < 4.78 is 2.26. The minimum Gasteiger partial charge on any atom is -0.351 e. The third-order valence-corrected chi connectivity index (χ3v) is 8.36. The van der Waals surface area contributed by atoms with E-state index in [1.807, 2.05) is 0 Å². The molecule has 1 aliphatic carbocycles. The molecule has 1 saturated carbocycles. The number of nitrogens with zero attached hydrogens (tertiary/aromatic N) is 3. The second-order valence-electron chi connectivity index (χ2n) is 10.2.